The van der Waals surface area contributed by atoms with Crippen molar-refractivity contribution >= 4 is 17.7 Å². The second-order valence-corrected chi connectivity index (χ2v) is 8.82. The van der Waals surface area contributed by atoms with Crippen LogP contribution in [0.5, 0.6) is 5.75 Å². The Morgan fingerprint density at radius 1 is 1.10 bits per heavy atom. The number of methoxy groups -OCH3 is 1. The fourth-order valence-electron chi connectivity index (χ4n) is 3.88. The number of aryl methyl sites for hydroxylation is 1. The monoisotopic (exact) mass is 610 g/mol. The topological polar surface area (TPSA) is 99.6 Å². The largest absolute Gasteiger partial charge is 1.00 e. The molecule has 0 atom stereocenters. The number of hydrogen-bond acceptors (Lipinski definition) is 5. The van der Waals surface area contributed by atoms with Crippen molar-refractivity contribution < 1.29 is 83.7 Å². The van der Waals surface area contributed by atoms with Gasteiger partial charge in [-0.1, -0.05) is 44.2 Å². The number of allylic oxidation sites excluding steroid dienone is 1. The Hall–Kier alpha value is -2.45. The molecule has 1 amide bonds. The molecule has 42 heavy (non-hydrogen) atoms. The first-order valence-corrected chi connectivity index (χ1v) is 13.2. The number of H-pyrrole nitrogens is 1. The summed E-state index contributed by atoms with van der Waals surface area (Å²) in [5.74, 6) is 0.195. The number of aromatic nitrogens is 2. The van der Waals surface area contributed by atoms with Crippen molar-refractivity contribution in [2.24, 2.45) is 0 Å². The van der Waals surface area contributed by atoms with Crippen LogP contribution in [0, 0.1) is 13.8 Å². The number of fused-ring (bicyclic) bond motifs is 1. The third-order valence-electron chi connectivity index (χ3n) is 6.08. The number of aromatic amines is 1. The standard InChI is InChI=1S/C28H28F3N4O4.C2H6.K/c1-17-7-6-10-24(18(17)2)39-35-22-12-11-19(15-23-26(22)34-25(33-23)16-38-14-13-37-3)32-27(36)20-8-4-5-9-21(20)28(29,30)31;1-2;/h4-11,15H,12-14,16H2,1-3H3,(H,32,36)(H,33,34);1-2H3;/q-1;;+1. The van der Waals surface area contributed by atoms with Gasteiger partial charge in [0, 0.05) is 12.8 Å². The van der Waals surface area contributed by atoms with Gasteiger partial charge < -0.3 is 30.1 Å². The first-order chi connectivity index (χ1) is 19.7. The van der Waals surface area contributed by atoms with Crippen molar-refractivity contribution in [1.29, 1.82) is 0 Å². The Morgan fingerprint density at radius 2 is 1.83 bits per heavy atom. The van der Waals surface area contributed by atoms with Crippen LogP contribution in [0.2, 0.25) is 0 Å². The Balaban J connectivity index is 0.00000201. The second-order valence-electron chi connectivity index (χ2n) is 8.82. The quantitative estimate of drug-likeness (QED) is 0.209. The average Bonchev–Trinajstić information content (AvgIpc) is 3.28. The van der Waals surface area contributed by atoms with Gasteiger partial charge in [-0.3, -0.25) is 4.79 Å². The zero-order valence-corrected chi connectivity index (χ0v) is 27.8. The van der Waals surface area contributed by atoms with Crippen molar-refractivity contribution in [1.82, 2.24) is 15.3 Å². The fraction of sp³-hybridized carbons (Fsp3) is 0.333. The minimum atomic E-state index is -4.67. The van der Waals surface area contributed by atoms with Crippen LogP contribution >= 0.6 is 0 Å². The summed E-state index contributed by atoms with van der Waals surface area (Å²) in [5, 5.41) is 3.55. The summed E-state index contributed by atoms with van der Waals surface area (Å²) in [6.07, 6.45) is -1.24. The third kappa shape index (κ3) is 9.53. The molecule has 0 fully saturated rings. The van der Waals surface area contributed by atoms with Crippen molar-refractivity contribution in [2.45, 2.75) is 46.9 Å². The molecule has 1 aliphatic rings. The maximum Gasteiger partial charge on any atom is 1.00 e. The number of carbonyl (C=O) groups is 1. The van der Waals surface area contributed by atoms with Crippen molar-refractivity contribution in [3.63, 3.8) is 0 Å². The molecule has 0 unspecified atom stereocenters. The fourth-order valence-corrected chi connectivity index (χ4v) is 3.88. The van der Waals surface area contributed by atoms with Crippen molar-refractivity contribution in [3.8, 4) is 5.75 Å². The Morgan fingerprint density at radius 3 is 2.55 bits per heavy atom. The van der Waals surface area contributed by atoms with Gasteiger partial charge in [0.2, 0.25) is 0 Å². The molecular formula is C30H34F3KN4O4. The SMILES string of the molecule is CC.COCCOCc1nc2c([nH]1)=CC(NC(=O)c1ccccc1C(F)(F)F)=CCC=2[N-]Oc1cccc(C)c1C.[K+]. The van der Waals surface area contributed by atoms with E-state index in [9.17, 15) is 18.0 Å². The van der Waals surface area contributed by atoms with Crippen LogP contribution in [-0.4, -0.2) is 36.2 Å². The molecule has 2 N–H and O–H groups in total. The van der Waals surface area contributed by atoms with Gasteiger partial charge >= 0.3 is 57.6 Å². The number of amides is 1. The zero-order chi connectivity index (χ0) is 30.0. The molecule has 0 saturated carbocycles. The summed E-state index contributed by atoms with van der Waals surface area (Å²) < 4.78 is 50.9. The molecule has 3 aromatic rings. The van der Waals surface area contributed by atoms with Gasteiger partial charge in [0.15, 0.2) is 0 Å². The summed E-state index contributed by atoms with van der Waals surface area (Å²) in [7, 11) is 1.57. The van der Waals surface area contributed by atoms with Gasteiger partial charge in [-0.2, -0.15) is 13.2 Å². The molecule has 8 nitrogen and oxygen atoms in total. The number of carbonyl (C=O) groups excluding carboxylic acids is 1. The average molecular weight is 611 g/mol. The number of halogens is 3. The molecule has 1 aliphatic carbocycles. The molecule has 2 aromatic carbocycles. The van der Waals surface area contributed by atoms with Crippen LogP contribution in [0.15, 0.2) is 54.2 Å². The molecule has 1 heterocycles. The summed E-state index contributed by atoms with van der Waals surface area (Å²) in [4.78, 5) is 26.4. The van der Waals surface area contributed by atoms with E-state index in [0.717, 1.165) is 23.3 Å². The van der Waals surface area contributed by atoms with Gasteiger partial charge in [0.25, 0.3) is 5.91 Å². The van der Waals surface area contributed by atoms with E-state index in [4.69, 9.17) is 14.3 Å². The third-order valence-corrected chi connectivity index (χ3v) is 6.08. The Kier molecular flexibility index (Phi) is 14.5. The molecule has 0 aliphatic heterocycles. The summed E-state index contributed by atoms with van der Waals surface area (Å²) in [6, 6.07) is 10.3. The van der Waals surface area contributed by atoms with Crippen molar-refractivity contribution in [2.75, 3.05) is 20.3 Å². The molecule has 0 radical (unpaired) electrons. The molecule has 12 heteroatoms. The first kappa shape index (κ1) is 35.7. The zero-order valence-electron chi connectivity index (χ0n) is 24.7. The summed E-state index contributed by atoms with van der Waals surface area (Å²) in [5.41, 5.74) is 5.57. The molecule has 1 aromatic heterocycles. The number of ether oxygens (including phenoxy) is 2. The van der Waals surface area contributed by atoms with Crippen LogP contribution < -0.4 is 72.2 Å². The smallest absolute Gasteiger partial charge is 0.557 e. The van der Waals surface area contributed by atoms with Crippen LogP contribution in [0.3, 0.4) is 0 Å². The van der Waals surface area contributed by atoms with Gasteiger partial charge in [-0.25, -0.2) is 4.98 Å². The van der Waals surface area contributed by atoms with E-state index in [1.165, 1.54) is 12.1 Å². The molecule has 4 rings (SSSR count). The van der Waals surface area contributed by atoms with Crippen LogP contribution in [-0.2, 0) is 22.3 Å². The van der Waals surface area contributed by atoms with Gasteiger partial charge in [-0.15, -0.1) is 5.70 Å². The Labute approximate surface area is 285 Å². The van der Waals surface area contributed by atoms with E-state index >= 15 is 0 Å². The van der Waals surface area contributed by atoms with E-state index in [2.05, 4.69) is 20.8 Å². The number of imidazole rings is 1. The molecule has 0 saturated heterocycles. The summed E-state index contributed by atoms with van der Waals surface area (Å²) >= 11 is 0. The van der Waals surface area contributed by atoms with E-state index in [1.807, 2.05) is 39.8 Å². The van der Waals surface area contributed by atoms with Crippen molar-refractivity contribution in [3.05, 3.63) is 98.5 Å². The normalized spacial score (nSPS) is 12.4. The second kappa shape index (κ2) is 17.0. The number of alkyl halides is 3. The van der Waals surface area contributed by atoms with Crippen LogP contribution in [0.4, 0.5) is 13.2 Å². The number of benzene rings is 2. The minimum absolute atomic E-state index is 0. The van der Waals surface area contributed by atoms with E-state index < -0.39 is 23.2 Å². The Bertz CT molecular complexity index is 1500. The molecule has 0 spiro atoms. The molecular weight excluding hydrogens is 576 g/mol. The van der Waals surface area contributed by atoms with Gasteiger partial charge in [0.05, 0.1) is 35.0 Å². The van der Waals surface area contributed by atoms with Gasteiger partial charge in [-0.05, 0) is 55.7 Å². The number of hydroxylamine groups is 1. The first-order valence-electron chi connectivity index (χ1n) is 13.2. The van der Waals surface area contributed by atoms with Crippen LogP contribution in [0.1, 0.15) is 53.1 Å². The van der Waals surface area contributed by atoms with Crippen LogP contribution in [0.25, 0.3) is 17.3 Å². The number of nitrogens with zero attached hydrogens (tertiary/aromatic N) is 2. The van der Waals surface area contributed by atoms with E-state index in [-0.39, 0.29) is 70.1 Å². The number of hydrogen-bond donors (Lipinski definition) is 2. The molecule has 0 bridgehead atoms. The van der Waals surface area contributed by atoms with Gasteiger partial charge in [0.1, 0.15) is 18.2 Å². The predicted molar refractivity (Wildman–Crippen MR) is 150 cm³/mol. The predicted octanol–water partition coefficient (Wildman–Crippen LogP) is 2.21. The number of rotatable bonds is 10. The maximum absolute atomic E-state index is 13.5. The maximum atomic E-state index is 13.5. The van der Waals surface area contributed by atoms with E-state index in [0.29, 0.717) is 41.2 Å². The summed E-state index contributed by atoms with van der Waals surface area (Å²) in [6.45, 7) is 8.84. The number of nitrogens with one attached hydrogen (secondary N) is 2. The molecule has 220 valence electrons. The van der Waals surface area contributed by atoms with E-state index in [1.54, 1.807) is 25.3 Å². The minimum Gasteiger partial charge on any atom is -0.557 e.